The molecule has 0 unspecified atom stereocenters. The number of fused-ring (bicyclic) bond motifs is 5. The van der Waals surface area contributed by atoms with E-state index in [1.165, 1.54) is 47.2 Å². The van der Waals surface area contributed by atoms with E-state index in [4.69, 9.17) is 0 Å². The van der Waals surface area contributed by atoms with Crippen molar-refractivity contribution in [1.29, 1.82) is 0 Å². The topological polar surface area (TPSA) is 48.1 Å². The summed E-state index contributed by atoms with van der Waals surface area (Å²) in [4.78, 5) is 0. The van der Waals surface area contributed by atoms with Gasteiger partial charge in [0.25, 0.3) is 0 Å². The molecule has 0 bridgehead atoms. The van der Waals surface area contributed by atoms with Crippen LogP contribution < -0.4 is 21.3 Å². The highest BCUT2D eigenvalue weighted by Crippen LogP contribution is 2.33. The van der Waals surface area contributed by atoms with Crippen LogP contribution in [-0.2, 0) is 12.8 Å². The number of hydrogen-bond acceptors (Lipinski definition) is 4. The summed E-state index contributed by atoms with van der Waals surface area (Å²) in [6.07, 6.45) is 5.22. The normalized spacial score (nSPS) is 18.5. The molecule has 160 valence electrons. The molecule has 4 N–H and O–H groups in total. The molecule has 2 heterocycles. The number of benzene rings is 3. The Hall–Kier alpha value is -1.98. The molecule has 2 saturated heterocycles. The van der Waals surface area contributed by atoms with Crippen molar-refractivity contribution in [2.45, 2.75) is 25.7 Å². The second-order valence-corrected chi connectivity index (χ2v) is 8.29. The van der Waals surface area contributed by atoms with E-state index in [2.05, 4.69) is 69.8 Å². The third-order valence-corrected chi connectivity index (χ3v) is 6.17. The highest BCUT2D eigenvalue weighted by molar-refractivity contribution is 6.08. The van der Waals surface area contributed by atoms with E-state index in [0.717, 1.165) is 52.4 Å². The zero-order chi connectivity index (χ0) is 20.4. The predicted octanol–water partition coefficient (Wildman–Crippen LogP) is 3.23. The summed E-state index contributed by atoms with van der Waals surface area (Å²) in [6.45, 7) is 9.11. The van der Waals surface area contributed by atoms with E-state index < -0.39 is 0 Å². The summed E-state index contributed by atoms with van der Waals surface area (Å²) in [5.41, 5.74) is 3.17. The Kier molecular flexibility index (Phi) is 8.09. The van der Waals surface area contributed by atoms with E-state index in [-0.39, 0.29) is 0 Å². The molecule has 3 aromatic rings. The smallest absolute Gasteiger partial charge is 0.00772 e. The van der Waals surface area contributed by atoms with Crippen LogP contribution in [0, 0.1) is 0 Å². The molecule has 2 fully saturated rings. The molecule has 0 radical (unpaired) electrons. The fourth-order valence-corrected chi connectivity index (χ4v) is 4.55. The van der Waals surface area contributed by atoms with E-state index in [1.54, 1.807) is 11.1 Å². The third-order valence-electron chi connectivity index (χ3n) is 6.17. The van der Waals surface area contributed by atoms with Gasteiger partial charge in [-0.2, -0.15) is 0 Å². The molecule has 0 amide bonds. The van der Waals surface area contributed by atoms with Gasteiger partial charge in [0.05, 0.1) is 0 Å². The summed E-state index contributed by atoms with van der Waals surface area (Å²) in [7, 11) is 0. The lowest BCUT2D eigenvalue weighted by atomic mass is 9.86. The Morgan fingerprint density at radius 2 is 1.03 bits per heavy atom. The minimum atomic E-state index is 1.14. The van der Waals surface area contributed by atoms with Crippen molar-refractivity contribution in [2.75, 3.05) is 52.4 Å². The van der Waals surface area contributed by atoms with Crippen molar-refractivity contribution in [3.05, 3.63) is 59.7 Å². The Morgan fingerprint density at radius 1 is 0.467 bits per heavy atom. The largest absolute Gasteiger partial charge is 0.314 e. The van der Waals surface area contributed by atoms with Gasteiger partial charge in [0.1, 0.15) is 0 Å². The van der Waals surface area contributed by atoms with Gasteiger partial charge in [0, 0.05) is 52.4 Å². The summed E-state index contributed by atoms with van der Waals surface area (Å²) in [5.74, 6) is 0. The first-order valence-electron chi connectivity index (χ1n) is 11.7. The van der Waals surface area contributed by atoms with Gasteiger partial charge >= 0.3 is 0 Å². The lowest BCUT2D eigenvalue weighted by molar-refractivity contribution is 0.534. The van der Waals surface area contributed by atoms with Crippen LogP contribution in [0.2, 0.25) is 0 Å². The van der Waals surface area contributed by atoms with Crippen LogP contribution in [0.4, 0.5) is 0 Å². The van der Waals surface area contributed by atoms with Crippen molar-refractivity contribution in [3.63, 3.8) is 0 Å². The van der Waals surface area contributed by atoms with Crippen LogP contribution in [0.25, 0.3) is 21.5 Å². The highest BCUT2D eigenvalue weighted by atomic mass is 15.0. The number of nitrogens with one attached hydrogen (secondary N) is 4. The minimum absolute atomic E-state index is 1.14. The zero-order valence-electron chi connectivity index (χ0n) is 18.1. The Bertz CT molecular complexity index is 894. The molecule has 4 heteroatoms. The molecule has 30 heavy (non-hydrogen) atoms. The fourth-order valence-electron chi connectivity index (χ4n) is 4.55. The maximum atomic E-state index is 3.22. The van der Waals surface area contributed by atoms with Crippen LogP contribution in [-0.4, -0.2) is 52.4 Å². The van der Waals surface area contributed by atoms with E-state index in [1.807, 2.05) is 0 Å². The van der Waals surface area contributed by atoms with Crippen LogP contribution in [0.3, 0.4) is 0 Å². The molecular formula is C26H36N4. The van der Waals surface area contributed by atoms with Crippen LogP contribution >= 0.6 is 0 Å². The van der Waals surface area contributed by atoms with Crippen LogP contribution in [0.5, 0.6) is 0 Å². The quantitative estimate of drug-likeness (QED) is 0.435. The molecule has 6 rings (SSSR count). The summed E-state index contributed by atoms with van der Waals surface area (Å²) in [6, 6.07) is 18.0. The van der Waals surface area contributed by atoms with Crippen molar-refractivity contribution in [3.8, 4) is 0 Å². The minimum Gasteiger partial charge on any atom is -0.314 e. The van der Waals surface area contributed by atoms with Gasteiger partial charge in [-0.15, -0.1) is 0 Å². The number of rotatable bonds is 0. The molecule has 3 aromatic carbocycles. The van der Waals surface area contributed by atoms with Crippen LogP contribution in [0.1, 0.15) is 24.0 Å². The Balaban J connectivity index is 0.000000148. The van der Waals surface area contributed by atoms with Crippen molar-refractivity contribution >= 4 is 21.5 Å². The molecule has 2 aliphatic heterocycles. The Morgan fingerprint density at radius 3 is 1.67 bits per heavy atom. The average Bonchev–Trinajstić information content (AvgIpc) is 2.86. The van der Waals surface area contributed by atoms with Gasteiger partial charge in [-0.1, -0.05) is 48.5 Å². The Labute approximate surface area is 180 Å². The van der Waals surface area contributed by atoms with Gasteiger partial charge in [-0.25, -0.2) is 0 Å². The predicted molar refractivity (Wildman–Crippen MR) is 130 cm³/mol. The molecule has 4 nitrogen and oxygen atoms in total. The maximum absolute atomic E-state index is 3.22. The molecule has 0 spiro atoms. The lowest BCUT2D eigenvalue weighted by Crippen LogP contribution is -2.39. The summed E-state index contributed by atoms with van der Waals surface area (Å²) in [5, 5.41) is 18.5. The molecular weight excluding hydrogens is 368 g/mol. The van der Waals surface area contributed by atoms with Crippen molar-refractivity contribution in [1.82, 2.24) is 21.3 Å². The van der Waals surface area contributed by atoms with Gasteiger partial charge in [0.15, 0.2) is 0 Å². The van der Waals surface area contributed by atoms with Gasteiger partial charge in [-0.05, 0) is 58.4 Å². The standard InChI is InChI=1S/C18H16.2C4H10N2/c1-3-7-15-13(5-1)9-11-18-16-8-4-2-6-14(16)10-12-17(15)18;2*1-2-6-4-3-5-1/h1,3,5,7,9-12H,2,4,6,8H2;2*5-6H,1-4H2. The monoisotopic (exact) mass is 404 g/mol. The molecule has 0 saturated carbocycles. The average molecular weight is 405 g/mol. The highest BCUT2D eigenvalue weighted by Gasteiger charge is 2.13. The first kappa shape index (κ1) is 21.3. The van der Waals surface area contributed by atoms with E-state index in [0.29, 0.717) is 0 Å². The fraction of sp³-hybridized carbons (Fsp3) is 0.462. The van der Waals surface area contributed by atoms with E-state index >= 15 is 0 Å². The first-order valence-corrected chi connectivity index (χ1v) is 11.7. The summed E-state index contributed by atoms with van der Waals surface area (Å²) >= 11 is 0. The molecule has 1 aliphatic carbocycles. The summed E-state index contributed by atoms with van der Waals surface area (Å²) < 4.78 is 0. The number of piperazine rings is 2. The van der Waals surface area contributed by atoms with Crippen molar-refractivity contribution in [2.24, 2.45) is 0 Å². The molecule has 0 atom stereocenters. The van der Waals surface area contributed by atoms with Crippen LogP contribution in [0.15, 0.2) is 48.5 Å². The molecule has 0 aromatic heterocycles. The second kappa shape index (κ2) is 11.4. The lowest BCUT2D eigenvalue weighted by Gasteiger charge is -2.18. The third kappa shape index (κ3) is 5.58. The van der Waals surface area contributed by atoms with Crippen molar-refractivity contribution < 1.29 is 0 Å². The van der Waals surface area contributed by atoms with Gasteiger partial charge in [0.2, 0.25) is 0 Å². The zero-order valence-corrected chi connectivity index (χ0v) is 18.1. The van der Waals surface area contributed by atoms with E-state index in [9.17, 15) is 0 Å². The van der Waals surface area contributed by atoms with Gasteiger partial charge < -0.3 is 21.3 Å². The molecule has 3 aliphatic rings. The van der Waals surface area contributed by atoms with Gasteiger partial charge in [-0.3, -0.25) is 0 Å². The number of hydrogen-bond donors (Lipinski definition) is 4. The second-order valence-electron chi connectivity index (χ2n) is 8.29. The SMILES string of the molecule is C1CNCCN1.C1CNCCN1.c1ccc2c(c1)ccc1c3c(ccc12)CCCC3. The maximum Gasteiger partial charge on any atom is 0.00772 e. The first-order chi connectivity index (χ1) is 14.9. The number of aryl methyl sites for hydroxylation is 2.